The lowest BCUT2D eigenvalue weighted by molar-refractivity contribution is -0.288. The highest BCUT2D eigenvalue weighted by molar-refractivity contribution is 6.20. The summed E-state index contributed by atoms with van der Waals surface area (Å²) in [6, 6.07) is 5.04. The fourth-order valence-electron chi connectivity index (χ4n) is 3.29. The number of alkyl halides is 3. The van der Waals surface area contributed by atoms with E-state index in [1.165, 1.54) is 31.4 Å². The average Bonchev–Trinajstić information content (AvgIpc) is 2.51. The first-order valence-corrected chi connectivity index (χ1v) is 7.98. The van der Waals surface area contributed by atoms with Crippen molar-refractivity contribution < 1.29 is 32.2 Å². The van der Waals surface area contributed by atoms with Crippen molar-refractivity contribution in [3.63, 3.8) is 0 Å². The molecule has 5 nitrogen and oxygen atoms in total. The number of allylic oxidation sites excluding steroid dienone is 1. The zero-order chi connectivity index (χ0) is 19.3. The zero-order valence-electron chi connectivity index (χ0n) is 14.5. The quantitative estimate of drug-likeness (QED) is 0.813. The number of methoxy groups -OCH3 is 1. The van der Waals surface area contributed by atoms with Gasteiger partial charge in [0.15, 0.2) is 5.78 Å². The van der Waals surface area contributed by atoms with Crippen LogP contribution in [0.25, 0.3) is 0 Å². The molecule has 0 aromatic heterocycles. The summed E-state index contributed by atoms with van der Waals surface area (Å²) in [5, 5.41) is 1.87. The molecular weight excluding hydrogens is 351 g/mol. The number of hydrogen-bond donors (Lipinski definition) is 1. The molecule has 1 atom stereocenters. The second-order valence-corrected chi connectivity index (χ2v) is 7.20. The van der Waals surface area contributed by atoms with Crippen molar-refractivity contribution in [3.8, 4) is 5.75 Å². The van der Waals surface area contributed by atoms with Crippen LogP contribution in [-0.2, 0) is 20.1 Å². The smallest absolute Gasteiger partial charge is 0.453 e. The van der Waals surface area contributed by atoms with Gasteiger partial charge in [0.25, 0.3) is 5.91 Å². The molecule has 8 heteroatoms. The van der Waals surface area contributed by atoms with E-state index in [9.17, 15) is 22.8 Å². The lowest BCUT2D eigenvalue weighted by Gasteiger charge is -2.44. The van der Waals surface area contributed by atoms with Gasteiger partial charge in [-0.15, -0.1) is 0 Å². The number of amides is 1. The number of hydrogen-bond acceptors (Lipinski definition) is 4. The van der Waals surface area contributed by atoms with Crippen molar-refractivity contribution in [2.45, 2.75) is 38.6 Å². The van der Waals surface area contributed by atoms with Crippen molar-refractivity contribution in [1.82, 2.24) is 5.32 Å². The van der Waals surface area contributed by atoms with E-state index in [0.717, 1.165) is 0 Å². The first-order valence-electron chi connectivity index (χ1n) is 7.98. The van der Waals surface area contributed by atoms with Crippen molar-refractivity contribution in [2.24, 2.45) is 5.41 Å². The number of carbonyl (C=O) groups excluding carboxylic acids is 2. The molecule has 0 radical (unpaired) electrons. The number of halogens is 3. The van der Waals surface area contributed by atoms with E-state index in [1.54, 1.807) is 13.8 Å². The Hall–Kier alpha value is -2.51. The maximum Gasteiger partial charge on any atom is 0.453 e. The summed E-state index contributed by atoms with van der Waals surface area (Å²) in [5.74, 6) is -1.44. The molecule has 1 N–H and O–H groups in total. The van der Waals surface area contributed by atoms with Crippen molar-refractivity contribution in [3.05, 3.63) is 41.2 Å². The fraction of sp³-hybridized carbons (Fsp3) is 0.444. The van der Waals surface area contributed by atoms with Gasteiger partial charge in [0.05, 0.1) is 7.11 Å². The lowest BCUT2D eigenvalue weighted by Crippen LogP contribution is -2.61. The molecule has 0 unspecified atom stereocenters. The SMILES string of the molecule is COc1ccc([C@@]2(C(F)(F)F)NC(=O)C3=C(CC(C)(C)CC3=O)O2)cc1. The van der Waals surface area contributed by atoms with E-state index in [1.807, 2.05) is 5.32 Å². The zero-order valence-corrected chi connectivity index (χ0v) is 14.5. The summed E-state index contributed by atoms with van der Waals surface area (Å²) < 4.78 is 52.3. The number of rotatable bonds is 2. The molecule has 1 aliphatic heterocycles. The van der Waals surface area contributed by atoms with Gasteiger partial charge in [-0.2, -0.15) is 13.2 Å². The van der Waals surface area contributed by atoms with E-state index in [4.69, 9.17) is 9.47 Å². The summed E-state index contributed by atoms with van der Waals surface area (Å²) >= 11 is 0. The Morgan fingerprint density at radius 3 is 2.27 bits per heavy atom. The van der Waals surface area contributed by atoms with Crippen molar-refractivity contribution >= 4 is 11.7 Å². The van der Waals surface area contributed by atoms with Gasteiger partial charge in [-0.3, -0.25) is 9.59 Å². The molecule has 0 fully saturated rings. The van der Waals surface area contributed by atoms with Crippen LogP contribution in [0.3, 0.4) is 0 Å². The molecule has 1 aromatic rings. The summed E-state index contributed by atoms with van der Waals surface area (Å²) in [4.78, 5) is 24.7. The number of ether oxygens (including phenoxy) is 2. The van der Waals surface area contributed by atoms with Crippen molar-refractivity contribution in [2.75, 3.05) is 7.11 Å². The Bertz CT molecular complexity index is 796. The molecular formula is C18H18F3NO4. The molecule has 26 heavy (non-hydrogen) atoms. The van der Waals surface area contributed by atoms with Gasteiger partial charge in [-0.05, 0) is 29.7 Å². The highest BCUT2D eigenvalue weighted by Crippen LogP contribution is 2.48. The maximum atomic E-state index is 14.0. The third kappa shape index (κ3) is 2.83. The minimum atomic E-state index is -4.94. The molecule has 0 saturated heterocycles. The molecule has 0 saturated carbocycles. The Morgan fingerprint density at radius 2 is 1.73 bits per heavy atom. The van der Waals surface area contributed by atoms with E-state index in [2.05, 4.69) is 0 Å². The second-order valence-electron chi connectivity index (χ2n) is 7.20. The monoisotopic (exact) mass is 369 g/mol. The second kappa shape index (κ2) is 5.75. The van der Waals surface area contributed by atoms with Crippen LogP contribution in [0.1, 0.15) is 32.3 Å². The van der Waals surface area contributed by atoms with E-state index < -0.39 is 29.0 Å². The van der Waals surface area contributed by atoms with Gasteiger partial charge in [-0.25, -0.2) is 0 Å². The van der Waals surface area contributed by atoms with Gasteiger partial charge in [0, 0.05) is 18.4 Å². The molecule has 0 spiro atoms. The largest absolute Gasteiger partial charge is 0.497 e. The van der Waals surface area contributed by atoms with Gasteiger partial charge < -0.3 is 14.8 Å². The Labute approximate surface area is 148 Å². The number of ketones is 1. The van der Waals surface area contributed by atoms with Crippen LogP contribution in [0.5, 0.6) is 5.75 Å². The third-order valence-electron chi connectivity index (χ3n) is 4.52. The normalized spacial score (nSPS) is 25.3. The van der Waals surface area contributed by atoms with Crippen LogP contribution in [0.15, 0.2) is 35.6 Å². The number of nitrogens with one attached hydrogen (secondary N) is 1. The molecule has 1 amide bonds. The van der Waals surface area contributed by atoms with Crippen LogP contribution in [0.2, 0.25) is 0 Å². The number of carbonyl (C=O) groups is 2. The van der Waals surface area contributed by atoms with Crippen LogP contribution < -0.4 is 10.1 Å². The molecule has 3 rings (SSSR count). The topological polar surface area (TPSA) is 64.6 Å². The van der Waals surface area contributed by atoms with Gasteiger partial charge in [0.2, 0.25) is 0 Å². The summed E-state index contributed by atoms with van der Waals surface area (Å²) in [5.41, 5.74) is -4.27. The van der Waals surface area contributed by atoms with E-state index in [0.29, 0.717) is 5.75 Å². The van der Waals surface area contributed by atoms with Crippen LogP contribution in [0, 0.1) is 5.41 Å². The standard InChI is InChI=1S/C18H18F3NO4/c1-16(2)8-12(23)14-13(9-16)26-17(18(19,20)21,22-15(14)24)10-4-6-11(25-3)7-5-10/h4-7H,8-9H2,1-3H3,(H,22,24)/t17-/m1/s1. The van der Waals surface area contributed by atoms with Crippen LogP contribution in [0.4, 0.5) is 13.2 Å². The number of benzene rings is 1. The van der Waals surface area contributed by atoms with Gasteiger partial charge in [-0.1, -0.05) is 13.8 Å². The molecule has 2 aliphatic rings. The predicted molar refractivity (Wildman–Crippen MR) is 85.0 cm³/mol. The Kier molecular flexibility index (Phi) is 4.05. The van der Waals surface area contributed by atoms with Crippen LogP contribution in [-0.4, -0.2) is 25.0 Å². The Morgan fingerprint density at radius 1 is 1.12 bits per heavy atom. The maximum absolute atomic E-state index is 14.0. The molecule has 1 heterocycles. The third-order valence-corrected chi connectivity index (χ3v) is 4.52. The first-order chi connectivity index (χ1) is 12.0. The highest BCUT2D eigenvalue weighted by atomic mass is 19.4. The Balaban J connectivity index is 2.13. The molecule has 1 aliphatic carbocycles. The summed E-state index contributed by atoms with van der Waals surface area (Å²) in [6.45, 7) is 3.49. The predicted octanol–water partition coefficient (Wildman–Crippen LogP) is 3.20. The number of Topliss-reactive ketones (excluding diaryl/α,β-unsaturated/α-hetero) is 1. The van der Waals surface area contributed by atoms with Gasteiger partial charge >= 0.3 is 11.9 Å². The van der Waals surface area contributed by atoms with E-state index in [-0.39, 0.29) is 29.7 Å². The van der Waals surface area contributed by atoms with Gasteiger partial charge in [0.1, 0.15) is 17.1 Å². The minimum Gasteiger partial charge on any atom is -0.497 e. The van der Waals surface area contributed by atoms with Crippen LogP contribution >= 0.6 is 0 Å². The molecule has 140 valence electrons. The highest BCUT2D eigenvalue weighted by Gasteiger charge is 2.63. The van der Waals surface area contributed by atoms with Crippen molar-refractivity contribution in [1.29, 1.82) is 0 Å². The summed E-state index contributed by atoms with van der Waals surface area (Å²) in [6.07, 6.45) is -4.81. The lowest BCUT2D eigenvalue weighted by atomic mass is 9.75. The fourth-order valence-corrected chi connectivity index (χ4v) is 3.29. The molecule has 0 bridgehead atoms. The molecule has 1 aromatic carbocycles. The first kappa shape index (κ1) is 18.3. The average molecular weight is 369 g/mol. The summed E-state index contributed by atoms with van der Waals surface area (Å²) in [7, 11) is 1.39. The van der Waals surface area contributed by atoms with E-state index >= 15 is 0 Å². The minimum absolute atomic E-state index is 0.0650.